The zero-order valence-electron chi connectivity index (χ0n) is 7.33. The van der Waals surface area contributed by atoms with E-state index in [9.17, 15) is 0 Å². The molecule has 0 radical (unpaired) electrons. The molecule has 1 aromatic rings. The topological polar surface area (TPSA) is 35.8 Å². The minimum atomic E-state index is -0.189. The van der Waals surface area contributed by atoms with Crippen LogP contribution in [0.15, 0.2) is 24.3 Å². The molecule has 62 valence electrons. The monoisotopic (exact) mass is 160 g/mol. The van der Waals surface area contributed by atoms with Crippen LogP contribution in [0, 0.1) is 18.3 Å². The summed E-state index contributed by atoms with van der Waals surface area (Å²) in [5.41, 5.74) is 2.23. The lowest BCUT2D eigenvalue weighted by Gasteiger charge is -2.07. The maximum atomic E-state index is 8.74. The minimum Gasteiger partial charge on any atom is -0.301 e. The van der Waals surface area contributed by atoms with Crippen LogP contribution in [0.1, 0.15) is 17.2 Å². The lowest BCUT2D eigenvalue weighted by molar-refractivity contribution is 0.727. The van der Waals surface area contributed by atoms with Crippen LogP contribution in [0.3, 0.4) is 0 Å². The molecule has 2 nitrogen and oxygen atoms in total. The van der Waals surface area contributed by atoms with Crippen LogP contribution in [0.5, 0.6) is 0 Å². The molecular weight excluding hydrogens is 148 g/mol. The number of benzene rings is 1. The Bertz CT molecular complexity index is 282. The third-order valence-electron chi connectivity index (χ3n) is 1.83. The number of nitrogens with one attached hydrogen (secondary N) is 1. The van der Waals surface area contributed by atoms with Gasteiger partial charge in [0.2, 0.25) is 0 Å². The standard InChI is InChI=1S/C10H12N2/c1-8-3-5-9(6-4-8)10(7-11)12-2/h3-6,10,12H,1-2H3. The largest absolute Gasteiger partial charge is 0.301 e. The number of aryl methyl sites for hydroxylation is 1. The highest BCUT2D eigenvalue weighted by Crippen LogP contribution is 2.11. The second-order valence-corrected chi connectivity index (χ2v) is 2.76. The van der Waals surface area contributed by atoms with E-state index in [-0.39, 0.29) is 6.04 Å². The summed E-state index contributed by atoms with van der Waals surface area (Å²) in [4.78, 5) is 0. The first kappa shape index (κ1) is 8.76. The van der Waals surface area contributed by atoms with Crippen molar-refractivity contribution < 1.29 is 0 Å². The van der Waals surface area contributed by atoms with Crippen LogP contribution in [0.4, 0.5) is 0 Å². The summed E-state index contributed by atoms with van der Waals surface area (Å²) in [5.74, 6) is 0. The average Bonchev–Trinajstić information content (AvgIpc) is 2.10. The van der Waals surface area contributed by atoms with Gasteiger partial charge in [-0.2, -0.15) is 5.26 Å². The zero-order chi connectivity index (χ0) is 8.97. The Morgan fingerprint density at radius 2 is 1.92 bits per heavy atom. The summed E-state index contributed by atoms with van der Waals surface area (Å²) in [6.45, 7) is 2.03. The molecule has 0 aromatic heterocycles. The summed E-state index contributed by atoms with van der Waals surface area (Å²) in [5, 5.41) is 11.7. The predicted molar refractivity (Wildman–Crippen MR) is 48.6 cm³/mol. The van der Waals surface area contributed by atoms with Crippen molar-refractivity contribution in [3.63, 3.8) is 0 Å². The Morgan fingerprint density at radius 3 is 2.33 bits per heavy atom. The summed E-state index contributed by atoms with van der Waals surface area (Å²) < 4.78 is 0. The van der Waals surface area contributed by atoms with Crippen LogP contribution in [-0.2, 0) is 0 Å². The van der Waals surface area contributed by atoms with Crippen molar-refractivity contribution in [2.45, 2.75) is 13.0 Å². The van der Waals surface area contributed by atoms with Gasteiger partial charge in [0, 0.05) is 0 Å². The molecule has 0 spiro atoms. The van der Waals surface area contributed by atoms with E-state index in [0.29, 0.717) is 0 Å². The molecule has 0 saturated heterocycles. The van der Waals surface area contributed by atoms with E-state index < -0.39 is 0 Å². The maximum absolute atomic E-state index is 8.74. The number of nitriles is 1. The first-order valence-corrected chi connectivity index (χ1v) is 3.91. The lowest BCUT2D eigenvalue weighted by atomic mass is 10.1. The second kappa shape index (κ2) is 3.89. The van der Waals surface area contributed by atoms with Gasteiger partial charge in [-0.05, 0) is 19.5 Å². The molecule has 12 heavy (non-hydrogen) atoms. The van der Waals surface area contributed by atoms with Gasteiger partial charge < -0.3 is 5.32 Å². The van der Waals surface area contributed by atoms with Crippen molar-refractivity contribution in [1.82, 2.24) is 5.32 Å². The van der Waals surface area contributed by atoms with Crippen LogP contribution >= 0.6 is 0 Å². The summed E-state index contributed by atoms with van der Waals surface area (Å²) in [7, 11) is 1.79. The van der Waals surface area contributed by atoms with Gasteiger partial charge in [0.25, 0.3) is 0 Å². The van der Waals surface area contributed by atoms with E-state index in [1.54, 1.807) is 7.05 Å². The van der Waals surface area contributed by atoms with Crippen LogP contribution < -0.4 is 5.32 Å². The molecule has 2 heteroatoms. The lowest BCUT2D eigenvalue weighted by Crippen LogP contribution is -2.13. The molecule has 0 heterocycles. The summed E-state index contributed by atoms with van der Waals surface area (Å²) >= 11 is 0. The van der Waals surface area contributed by atoms with Gasteiger partial charge in [-0.3, -0.25) is 0 Å². The fourth-order valence-electron chi connectivity index (χ4n) is 1.06. The Labute approximate surface area is 72.8 Å². The highest BCUT2D eigenvalue weighted by Gasteiger charge is 2.05. The number of hydrogen-bond acceptors (Lipinski definition) is 2. The van der Waals surface area contributed by atoms with Gasteiger partial charge in [-0.25, -0.2) is 0 Å². The van der Waals surface area contributed by atoms with Crippen molar-refractivity contribution in [1.29, 1.82) is 5.26 Å². The molecule has 1 N–H and O–H groups in total. The maximum Gasteiger partial charge on any atom is 0.121 e. The Kier molecular flexibility index (Phi) is 2.84. The molecule has 1 rings (SSSR count). The molecule has 1 unspecified atom stereocenters. The molecular formula is C10H12N2. The van der Waals surface area contributed by atoms with Crippen molar-refractivity contribution in [3.05, 3.63) is 35.4 Å². The van der Waals surface area contributed by atoms with Crippen molar-refractivity contribution in [2.75, 3.05) is 7.05 Å². The predicted octanol–water partition coefficient (Wildman–Crippen LogP) is 1.78. The van der Waals surface area contributed by atoms with Crippen molar-refractivity contribution >= 4 is 0 Å². The second-order valence-electron chi connectivity index (χ2n) is 2.76. The van der Waals surface area contributed by atoms with Gasteiger partial charge in [0.15, 0.2) is 0 Å². The van der Waals surface area contributed by atoms with Crippen molar-refractivity contribution in [2.24, 2.45) is 0 Å². The van der Waals surface area contributed by atoms with E-state index in [2.05, 4.69) is 11.4 Å². The van der Waals surface area contributed by atoms with E-state index >= 15 is 0 Å². The summed E-state index contributed by atoms with van der Waals surface area (Å²) in [6, 6.07) is 9.95. The Morgan fingerprint density at radius 1 is 1.33 bits per heavy atom. The zero-order valence-corrected chi connectivity index (χ0v) is 7.33. The smallest absolute Gasteiger partial charge is 0.121 e. The normalized spacial score (nSPS) is 12.1. The van der Waals surface area contributed by atoms with Crippen molar-refractivity contribution in [3.8, 4) is 6.07 Å². The van der Waals surface area contributed by atoms with Gasteiger partial charge in [0.1, 0.15) is 6.04 Å². The number of hydrogen-bond donors (Lipinski definition) is 1. The van der Waals surface area contributed by atoms with Gasteiger partial charge >= 0.3 is 0 Å². The molecule has 0 aliphatic heterocycles. The van der Waals surface area contributed by atoms with Crippen LogP contribution in [0.25, 0.3) is 0 Å². The fraction of sp³-hybridized carbons (Fsp3) is 0.300. The van der Waals surface area contributed by atoms with Gasteiger partial charge in [0.05, 0.1) is 6.07 Å². The molecule has 1 atom stereocenters. The molecule has 0 aliphatic rings. The van der Waals surface area contributed by atoms with E-state index in [4.69, 9.17) is 5.26 Å². The quantitative estimate of drug-likeness (QED) is 0.715. The number of rotatable bonds is 2. The van der Waals surface area contributed by atoms with Gasteiger partial charge in [-0.15, -0.1) is 0 Å². The number of nitrogens with zero attached hydrogens (tertiary/aromatic N) is 1. The molecule has 0 amide bonds. The highest BCUT2D eigenvalue weighted by atomic mass is 14.9. The molecule has 0 aliphatic carbocycles. The first-order valence-electron chi connectivity index (χ1n) is 3.91. The summed E-state index contributed by atoms with van der Waals surface area (Å²) in [6.07, 6.45) is 0. The van der Waals surface area contributed by atoms with Gasteiger partial charge in [-0.1, -0.05) is 29.8 Å². The average molecular weight is 160 g/mol. The van der Waals surface area contributed by atoms with Crippen LogP contribution in [-0.4, -0.2) is 7.05 Å². The first-order chi connectivity index (χ1) is 5.77. The van der Waals surface area contributed by atoms with E-state index in [0.717, 1.165) is 5.56 Å². The third-order valence-corrected chi connectivity index (χ3v) is 1.83. The molecule has 0 fully saturated rings. The van der Waals surface area contributed by atoms with E-state index in [1.807, 2.05) is 31.2 Å². The Hall–Kier alpha value is -1.33. The fourth-order valence-corrected chi connectivity index (χ4v) is 1.06. The Balaban J connectivity index is 2.89. The third kappa shape index (κ3) is 1.84. The molecule has 0 saturated carbocycles. The van der Waals surface area contributed by atoms with E-state index in [1.165, 1.54) is 5.56 Å². The molecule has 0 bridgehead atoms. The molecule has 1 aromatic carbocycles. The highest BCUT2D eigenvalue weighted by molar-refractivity contribution is 5.27. The SMILES string of the molecule is CNC(C#N)c1ccc(C)cc1. The van der Waals surface area contributed by atoms with Crippen LogP contribution in [0.2, 0.25) is 0 Å². The minimum absolute atomic E-state index is 0.189.